The van der Waals surface area contributed by atoms with E-state index in [9.17, 15) is 13.2 Å². The third-order valence-electron chi connectivity index (χ3n) is 4.48. The lowest BCUT2D eigenvalue weighted by molar-refractivity contribution is 0.0698. The summed E-state index contributed by atoms with van der Waals surface area (Å²) < 4.78 is 24.5. The zero-order valence-corrected chi connectivity index (χ0v) is 15.3. The molecule has 0 atom stereocenters. The molecule has 0 bridgehead atoms. The summed E-state index contributed by atoms with van der Waals surface area (Å²) in [5, 5.41) is 0. The van der Waals surface area contributed by atoms with Gasteiger partial charge in [0.25, 0.3) is 5.91 Å². The number of nitrogens with zero attached hydrogens (tertiary/aromatic N) is 2. The van der Waals surface area contributed by atoms with Crippen molar-refractivity contribution >= 4 is 15.9 Å². The van der Waals surface area contributed by atoms with Gasteiger partial charge in [-0.05, 0) is 30.2 Å². The standard InChI is InChI=1S/C19H22N2O3S/c1-15-4-3-5-18(14-15)16-6-8-17(9-7-16)19(22)20-10-12-21(13-11-20)25(2,23)24/h3-9,14H,10-13H2,1-2H3. The van der Waals surface area contributed by atoms with Crippen LogP contribution in [0.2, 0.25) is 0 Å². The van der Waals surface area contributed by atoms with Gasteiger partial charge in [-0.3, -0.25) is 4.79 Å². The fraction of sp³-hybridized carbons (Fsp3) is 0.316. The van der Waals surface area contributed by atoms with Gasteiger partial charge in [0.05, 0.1) is 6.26 Å². The average Bonchev–Trinajstić information content (AvgIpc) is 2.61. The molecule has 0 aromatic heterocycles. The first-order chi connectivity index (χ1) is 11.8. The van der Waals surface area contributed by atoms with E-state index in [0.29, 0.717) is 31.7 Å². The Hall–Kier alpha value is -2.18. The Balaban J connectivity index is 1.70. The summed E-state index contributed by atoms with van der Waals surface area (Å²) in [6.45, 7) is 3.60. The molecule has 25 heavy (non-hydrogen) atoms. The number of piperazine rings is 1. The molecule has 3 rings (SSSR count). The SMILES string of the molecule is Cc1cccc(-c2ccc(C(=O)N3CCN(S(C)(=O)=O)CC3)cc2)c1. The number of sulfonamides is 1. The van der Waals surface area contributed by atoms with Crippen LogP contribution in [-0.4, -0.2) is 56.0 Å². The van der Waals surface area contributed by atoms with E-state index in [1.165, 1.54) is 16.1 Å². The highest BCUT2D eigenvalue weighted by molar-refractivity contribution is 7.88. The number of aryl methyl sites for hydroxylation is 1. The lowest BCUT2D eigenvalue weighted by Gasteiger charge is -2.33. The van der Waals surface area contributed by atoms with Crippen LogP contribution < -0.4 is 0 Å². The topological polar surface area (TPSA) is 57.7 Å². The van der Waals surface area contributed by atoms with Crippen molar-refractivity contribution < 1.29 is 13.2 Å². The fourth-order valence-corrected chi connectivity index (χ4v) is 3.86. The van der Waals surface area contributed by atoms with E-state index in [1.54, 1.807) is 4.90 Å². The lowest BCUT2D eigenvalue weighted by Crippen LogP contribution is -2.50. The Morgan fingerprint density at radius 1 is 0.920 bits per heavy atom. The minimum absolute atomic E-state index is 0.0519. The molecule has 0 unspecified atom stereocenters. The zero-order chi connectivity index (χ0) is 18.0. The van der Waals surface area contributed by atoms with Gasteiger partial charge in [0.15, 0.2) is 0 Å². The molecule has 1 aliphatic rings. The molecule has 2 aromatic rings. The van der Waals surface area contributed by atoms with Crippen LogP contribution in [0.25, 0.3) is 11.1 Å². The molecule has 1 saturated heterocycles. The smallest absolute Gasteiger partial charge is 0.253 e. The molecular weight excluding hydrogens is 336 g/mol. The number of hydrogen-bond acceptors (Lipinski definition) is 3. The van der Waals surface area contributed by atoms with E-state index in [0.717, 1.165) is 11.1 Å². The predicted octanol–water partition coefficient (Wildman–Crippen LogP) is 2.38. The Labute approximate surface area is 148 Å². The summed E-state index contributed by atoms with van der Waals surface area (Å²) >= 11 is 0. The minimum atomic E-state index is -3.18. The van der Waals surface area contributed by atoms with Gasteiger partial charge in [-0.1, -0.05) is 42.0 Å². The van der Waals surface area contributed by atoms with Gasteiger partial charge in [-0.15, -0.1) is 0 Å². The second kappa shape index (κ2) is 6.98. The number of benzene rings is 2. The highest BCUT2D eigenvalue weighted by Gasteiger charge is 2.26. The van der Waals surface area contributed by atoms with Crippen molar-refractivity contribution in [2.24, 2.45) is 0 Å². The molecule has 0 N–H and O–H groups in total. The van der Waals surface area contributed by atoms with Gasteiger partial charge >= 0.3 is 0 Å². The first-order valence-electron chi connectivity index (χ1n) is 8.26. The predicted molar refractivity (Wildman–Crippen MR) is 98.9 cm³/mol. The molecule has 6 heteroatoms. The van der Waals surface area contributed by atoms with Crippen LogP contribution in [0.5, 0.6) is 0 Å². The molecule has 0 spiro atoms. The van der Waals surface area contributed by atoms with Gasteiger partial charge in [0.2, 0.25) is 10.0 Å². The van der Waals surface area contributed by atoms with Crippen molar-refractivity contribution in [3.8, 4) is 11.1 Å². The van der Waals surface area contributed by atoms with Gasteiger partial charge in [0, 0.05) is 31.7 Å². The molecule has 5 nitrogen and oxygen atoms in total. The van der Waals surface area contributed by atoms with Crippen molar-refractivity contribution in [2.75, 3.05) is 32.4 Å². The van der Waals surface area contributed by atoms with Crippen LogP contribution in [-0.2, 0) is 10.0 Å². The normalized spacial score (nSPS) is 16.0. The van der Waals surface area contributed by atoms with E-state index in [4.69, 9.17) is 0 Å². The van der Waals surface area contributed by atoms with E-state index in [1.807, 2.05) is 36.4 Å². The minimum Gasteiger partial charge on any atom is -0.336 e. The van der Waals surface area contributed by atoms with Crippen LogP contribution in [0, 0.1) is 6.92 Å². The lowest BCUT2D eigenvalue weighted by atomic mass is 10.0. The monoisotopic (exact) mass is 358 g/mol. The second-order valence-corrected chi connectivity index (χ2v) is 8.38. The van der Waals surface area contributed by atoms with Crippen LogP contribution in [0.15, 0.2) is 48.5 Å². The second-order valence-electron chi connectivity index (χ2n) is 6.40. The Bertz CT molecular complexity index is 868. The molecule has 132 valence electrons. The number of hydrogen-bond donors (Lipinski definition) is 0. The Morgan fingerprint density at radius 2 is 1.56 bits per heavy atom. The maximum Gasteiger partial charge on any atom is 0.253 e. The van der Waals surface area contributed by atoms with E-state index >= 15 is 0 Å². The van der Waals surface area contributed by atoms with Crippen molar-refractivity contribution in [3.05, 3.63) is 59.7 Å². The van der Waals surface area contributed by atoms with Crippen LogP contribution in [0.3, 0.4) is 0 Å². The summed E-state index contributed by atoms with van der Waals surface area (Å²) in [5.41, 5.74) is 4.02. The summed E-state index contributed by atoms with van der Waals surface area (Å²) in [6, 6.07) is 15.8. The molecular formula is C19H22N2O3S. The summed E-state index contributed by atoms with van der Waals surface area (Å²) in [4.78, 5) is 14.3. The van der Waals surface area contributed by atoms with Gasteiger partial charge in [0.1, 0.15) is 0 Å². The molecule has 1 fully saturated rings. The largest absolute Gasteiger partial charge is 0.336 e. The fourth-order valence-electron chi connectivity index (χ4n) is 3.04. The maximum absolute atomic E-state index is 12.6. The van der Waals surface area contributed by atoms with Crippen LogP contribution >= 0.6 is 0 Å². The molecule has 2 aromatic carbocycles. The maximum atomic E-state index is 12.6. The van der Waals surface area contributed by atoms with Gasteiger partial charge in [-0.2, -0.15) is 4.31 Å². The summed E-state index contributed by atoms with van der Waals surface area (Å²) in [5.74, 6) is -0.0519. The highest BCUT2D eigenvalue weighted by Crippen LogP contribution is 2.21. The van der Waals surface area contributed by atoms with Gasteiger partial charge in [-0.25, -0.2) is 8.42 Å². The average molecular weight is 358 g/mol. The van der Waals surface area contributed by atoms with Crippen LogP contribution in [0.1, 0.15) is 15.9 Å². The Morgan fingerprint density at radius 3 is 2.12 bits per heavy atom. The molecule has 0 aliphatic carbocycles. The first-order valence-corrected chi connectivity index (χ1v) is 10.1. The van der Waals surface area contributed by atoms with Crippen molar-refractivity contribution in [2.45, 2.75) is 6.92 Å². The van der Waals surface area contributed by atoms with Crippen molar-refractivity contribution in [1.82, 2.24) is 9.21 Å². The number of carbonyl (C=O) groups is 1. The highest BCUT2D eigenvalue weighted by atomic mass is 32.2. The molecule has 0 saturated carbocycles. The third-order valence-corrected chi connectivity index (χ3v) is 5.78. The van der Waals surface area contributed by atoms with E-state index < -0.39 is 10.0 Å². The van der Waals surface area contributed by atoms with Crippen molar-refractivity contribution in [3.63, 3.8) is 0 Å². The number of amides is 1. The number of rotatable bonds is 3. The van der Waals surface area contributed by atoms with E-state index in [-0.39, 0.29) is 5.91 Å². The summed E-state index contributed by atoms with van der Waals surface area (Å²) in [6.07, 6.45) is 1.20. The molecule has 0 radical (unpaired) electrons. The Kier molecular flexibility index (Phi) is 4.92. The molecule has 1 aliphatic heterocycles. The van der Waals surface area contributed by atoms with Crippen molar-refractivity contribution in [1.29, 1.82) is 0 Å². The van der Waals surface area contributed by atoms with Crippen LogP contribution in [0.4, 0.5) is 0 Å². The van der Waals surface area contributed by atoms with E-state index in [2.05, 4.69) is 19.1 Å². The first kappa shape index (κ1) is 17.6. The summed E-state index contributed by atoms with van der Waals surface area (Å²) in [7, 11) is -3.18. The number of carbonyl (C=O) groups excluding carboxylic acids is 1. The third kappa shape index (κ3) is 4.08. The quantitative estimate of drug-likeness (QED) is 0.846. The molecule has 1 amide bonds. The molecule has 1 heterocycles. The zero-order valence-electron chi connectivity index (χ0n) is 14.5. The van der Waals surface area contributed by atoms with Gasteiger partial charge < -0.3 is 4.90 Å².